The second-order valence-electron chi connectivity index (χ2n) is 9.77. The van der Waals surface area contributed by atoms with Gasteiger partial charge >= 0.3 is 6.09 Å². The molecule has 7 nitrogen and oxygen atoms in total. The number of nitrogens with one attached hydrogen (secondary N) is 2. The first-order valence-corrected chi connectivity index (χ1v) is 13.1. The third-order valence-corrected chi connectivity index (χ3v) is 7.41. The van der Waals surface area contributed by atoms with Crippen LogP contribution in [-0.2, 0) is 19.1 Å². The van der Waals surface area contributed by atoms with Gasteiger partial charge in [-0.25, -0.2) is 4.79 Å². The summed E-state index contributed by atoms with van der Waals surface area (Å²) in [5, 5.41) is 5.77. The molecule has 2 amide bonds. The number of hydrogen-bond acceptors (Lipinski definition) is 5. The first-order chi connectivity index (χ1) is 17.6. The van der Waals surface area contributed by atoms with E-state index in [1.807, 2.05) is 24.3 Å². The molecule has 2 N–H and O–H groups in total. The summed E-state index contributed by atoms with van der Waals surface area (Å²) in [6.07, 6.45) is 6.87. The number of rotatable bonds is 13. The van der Waals surface area contributed by atoms with Crippen molar-refractivity contribution in [2.24, 2.45) is 0 Å². The van der Waals surface area contributed by atoms with Crippen molar-refractivity contribution in [1.82, 2.24) is 10.6 Å². The Morgan fingerprint density at radius 3 is 2.14 bits per heavy atom. The molecule has 0 atom stereocenters. The summed E-state index contributed by atoms with van der Waals surface area (Å²) in [4.78, 5) is 35.1. The summed E-state index contributed by atoms with van der Waals surface area (Å²) >= 11 is 0. The van der Waals surface area contributed by atoms with Crippen LogP contribution >= 0.6 is 0 Å². The van der Waals surface area contributed by atoms with Crippen molar-refractivity contribution in [2.75, 3.05) is 19.7 Å². The van der Waals surface area contributed by atoms with Gasteiger partial charge in [-0.05, 0) is 73.6 Å². The lowest BCUT2D eigenvalue weighted by molar-refractivity contribution is -0.145. The second-order valence-corrected chi connectivity index (χ2v) is 9.77. The number of unbranched alkanes of at least 4 members (excludes halogenated alkanes) is 2. The Morgan fingerprint density at radius 1 is 0.889 bits per heavy atom. The van der Waals surface area contributed by atoms with E-state index in [1.165, 1.54) is 22.3 Å². The molecule has 2 aliphatic rings. The van der Waals surface area contributed by atoms with E-state index in [-0.39, 0.29) is 11.8 Å². The van der Waals surface area contributed by atoms with Crippen molar-refractivity contribution in [3.8, 4) is 11.1 Å². The molecular formula is C29H36N2O5. The fourth-order valence-electron chi connectivity index (χ4n) is 5.47. The molecule has 0 radical (unpaired) electrons. The first kappa shape index (κ1) is 25.7. The van der Waals surface area contributed by atoms with Crippen molar-refractivity contribution < 1.29 is 23.9 Å². The monoisotopic (exact) mass is 492 g/mol. The summed E-state index contributed by atoms with van der Waals surface area (Å²) in [6, 6.07) is 16.6. The van der Waals surface area contributed by atoms with Crippen LogP contribution in [0.25, 0.3) is 11.1 Å². The number of fused-ring (bicyclic) bond motifs is 3. The molecule has 192 valence electrons. The van der Waals surface area contributed by atoms with E-state index >= 15 is 0 Å². The topological polar surface area (TPSA) is 93.7 Å². The van der Waals surface area contributed by atoms with Crippen LogP contribution in [0.3, 0.4) is 0 Å². The first-order valence-electron chi connectivity index (χ1n) is 13.1. The van der Waals surface area contributed by atoms with Crippen molar-refractivity contribution in [2.45, 2.75) is 69.3 Å². The molecule has 0 heterocycles. The molecule has 0 unspecified atom stereocenters. The minimum Gasteiger partial charge on any atom is -0.461 e. The lowest BCUT2D eigenvalue weighted by Crippen LogP contribution is -2.32. The van der Waals surface area contributed by atoms with Gasteiger partial charge < -0.3 is 20.1 Å². The summed E-state index contributed by atoms with van der Waals surface area (Å²) in [6.45, 7) is 1.96. The number of benzene rings is 2. The molecule has 0 spiro atoms. The van der Waals surface area contributed by atoms with Crippen LogP contribution in [0.5, 0.6) is 0 Å². The van der Waals surface area contributed by atoms with Crippen LogP contribution in [0.4, 0.5) is 4.79 Å². The van der Waals surface area contributed by atoms with Gasteiger partial charge in [-0.1, -0.05) is 48.5 Å². The van der Waals surface area contributed by atoms with Crippen LogP contribution < -0.4 is 10.6 Å². The molecule has 0 aromatic heterocycles. The molecule has 0 saturated heterocycles. The van der Waals surface area contributed by atoms with E-state index in [4.69, 9.17) is 9.47 Å². The van der Waals surface area contributed by atoms with Crippen molar-refractivity contribution in [1.29, 1.82) is 0 Å². The van der Waals surface area contributed by atoms with Gasteiger partial charge in [0.05, 0.1) is 0 Å². The zero-order chi connectivity index (χ0) is 25.2. The lowest BCUT2D eigenvalue weighted by atomic mass is 9.95. The van der Waals surface area contributed by atoms with E-state index < -0.39 is 11.7 Å². The largest absolute Gasteiger partial charge is 0.461 e. The van der Waals surface area contributed by atoms with Gasteiger partial charge in [0.2, 0.25) is 5.91 Å². The molecule has 7 heteroatoms. The Bertz CT molecular complexity index is 1000. The molecule has 2 aromatic rings. The molecule has 0 aliphatic heterocycles. The Labute approximate surface area is 212 Å². The van der Waals surface area contributed by atoms with Gasteiger partial charge in [0.25, 0.3) is 6.47 Å². The van der Waals surface area contributed by atoms with Crippen molar-refractivity contribution >= 4 is 18.5 Å². The van der Waals surface area contributed by atoms with E-state index in [2.05, 4.69) is 34.9 Å². The van der Waals surface area contributed by atoms with Gasteiger partial charge in [-0.3, -0.25) is 9.59 Å². The van der Waals surface area contributed by atoms with E-state index in [1.54, 1.807) is 0 Å². The zero-order valence-corrected chi connectivity index (χ0v) is 20.8. The third-order valence-electron chi connectivity index (χ3n) is 7.41. The Balaban J connectivity index is 1.07. The summed E-state index contributed by atoms with van der Waals surface area (Å²) in [5.41, 5.74) is 4.37. The molecular weight excluding hydrogens is 456 g/mol. The highest BCUT2D eigenvalue weighted by Crippen LogP contribution is 2.44. The highest BCUT2D eigenvalue weighted by Gasteiger charge is 2.35. The fraction of sp³-hybridized carbons (Fsp3) is 0.483. The van der Waals surface area contributed by atoms with Gasteiger partial charge in [0.1, 0.15) is 12.2 Å². The highest BCUT2D eigenvalue weighted by molar-refractivity contribution is 5.79. The average Bonchev–Trinajstić information content (AvgIpc) is 3.49. The van der Waals surface area contributed by atoms with Crippen LogP contribution in [0.1, 0.15) is 74.8 Å². The number of carbonyl (C=O) groups is 3. The number of ether oxygens (including phenoxy) is 2. The van der Waals surface area contributed by atoms with E-state index in [9.17, 15) is 14.4 Å². The van der Waals surface area contributed by atoms with Crippen molar-refractivity contribution in [3.63, 3.8) is 0 Å². The summed E-state index contributed by atoms with van der Waals surface area (Å²) in [5.74, 6) is 0.0489. The third kappa shape index (κ3) is 6.45. The molecule has 36 heavy (non-hydrogen) atoms. The van der Waals surface area contributed by atoms with Crippen LogP contribution in [0, 0.1) is 0 Å². The average molecular weight is 493 g/mol. The molecule has 1 fully saturated rings. The Hall–Kier alpha value is -3.35. The summed E-state index contributed by atoms with van der Waals surface area (Å²) < 4.78 is 10.9. The molecule has 0 bridgehead atoms. The van der Waals surface area contributed by atoms with Gasteiger partial charge in [0.15, 0.2) is 0 Å². The Kier molecular flexibility index (Phi) is 8.98. The van der Waals surface area contributed by atoms with Crippen molar-refractivity contribution in [3.05, 3.63) is 59.7 Å². The maximum atomic E-state index is 12.2. The van der Waals surface area contributed by atoms with Gasteiger partial charge in [-0.15, -0.1) is 0 Å². The minimum atomic E-state index is -0.441. The maximum absolute atomic E-state index is 12.2. The van der Waals surface area contributed by atoms with Crippen LogP contribution in [0.2, 0.25) is 0 Å². The Morgan fingerprint density at radius 2 is 1.50 bits per heavy atom. The number of alkyl carbamates (subject to hydrolysis) is 1. The minimum absolute atomic E-state index is 0.00691. The fourth-order valence-corrected chi connectivity index (χ4v) is 5.47. The van der Waals surface area contributed by atoms with E-state index in [0.717, 1.165) is 44.9 Å². The molecule has 4 rings (SSSR count). The number of amides is 2. The zero-order valence-electron chi connectivity index (χ0n) is 20.8. The second kappa shape index (κ2) is 12.6. The van der Waals surface area contributed by atoms with Gasteiger partial charge in [-0.2, -0.15) is 0 Å². The van der Waals surface area contributed by atoms with Gasteiger partial charge in [0, 0.05) is 25.4 Å². The van der Waals surface area contributed by atoms with Crippen LogP contribution in [-0.4, -0.2) is 43.8 Å². The predicted molar refractivity (Wildman–Crippen MR) is 138 cm³/mol. The lowest BCUT2D eigenvalue weighted by Gasteiger charge is -2.26. The maximum Gasteiger partial charge on any atom is 0.407 e. The quantitative estimate of drug-likeness (QED) is 0.301. The number of hydrogen-bond donors (Lipinski definition) is 2. The number of carbonyl (C=O) groups excluding carboxylic acids is 3. The molecule has 2 aliphatic carbocycles. The normalized spacial score (nSPS) is 15.6. The highest BCUT2D eigenvalue weighted by atomic mass is 16.5. The molecule has 2 aromatic carbocycles. The SMILES string of the molecule is O=COC1(CCC(=O)NCCCCCNC(=O)OCC2c3ccccc3-c3ccccc32)CCCC1. The summed E-state index contributed by atoms with van der Waals surface area (Å²) in [7, 11) is 0. The smallest absolute Gasteiger partial charge is 0.407 e. The molecule has 1 saturated carbocycles. The standard InChI is InChI=1S/C29H36N2O5/c32-21-36-29(15-6-7-16-29)17-14-27(33)30-18-8-1-9-19-31-28(34)35-20-26-24-12-4-2-10-22(24)23-11-3-5-13-25(23)26/h2-5,10-13,21,26H,1,6-9,14-20H2,(H,30,33)(H,31,34). The van der Waals surface area contributed by atoms with Crippen LogP contribution in [0.15, 0.2) is 48.5 Å². The predicted octanol–water partition coefficient (Wildman–Crippen LogP) is 5.08. The van der Waals surface area contributed by atoms with E-state index in [0.29, 0.717) is 39.0 Å².